The van der Waals surface area contributed by atoms with E-state index in [1.54, 1.807) is 0 Å². The second-order valence-corrected chi connectivity index (χ2v) is 4.46. The lowest BCUT2D eigenvalue weighted by atomic mass is 10.1. The first-order valence-electron chi connectivity index (χ1n) is 6.18. The third-order valence-corrected chi connectivity index (χ3v) is 3.23. The van der Waals surface area contributed by atoms with Crippen LogP contribution in [-0.4, -0.2) is 5.91 Å². The molecule has 2 heteroatoms. The topological polar surface area (TPSA) is 29.1 Å². The number of amides is 1. The predicted molar refractivity (Wildman–Crippen MR) is 65.2 cm³/mol. The van der Waals surface area contributed by atoms with Crippen LogP contribution in [0.25, 0.3) is 0 Å². The van der Waals surface area contributed by atoms with Crippen molar-refractivity contribution in [3.05, 3.63) is 35.4 Å². The predicted octanol–water partition coefficient (Wildman–Crippen LogP) is 2.98. The molecule has 16 heavy (non-hydrogen) atoms. The zero-order chi connectivity index (χ0) is 11.4. The molecular weight excluding hydrogens is 198 g/mol. The zero-order valence-corrected chi connectivity index (χ0v) is 9.83. The van der Waals surface area contributed by atoms with E-state index < -0.39 is 0 Å². The Hall–Kier alpha value is -1.31. The average Bonchev–Trinajstić information content (AvgIpc) is 2.70. The monoisotopic (exact) mass is 217 g/mol. The molecule has 86 valence electrons. The van der Waals surface area contributed by atoms with E-state index >= 15 is 0 Å². The van der Waals surface area contributed by atoms with Gasteiger partial charge < -0.3 is 5.32 Å². The van der Waals surface area contributed by atoms with E-state index in [4.69, 9.17) is 0 Å². The normalized spacial score (nSPS) is 18.2. The fraction of sp³-hybridized carbons (Fsp3) is 0.500. The molecule has 2 nitrogen and oxygen atoms in total. The number of nitrogens with one attached hydrogen (secondary N) is 1. The van der Waals surface area contributed by atoms with E-state index in [9.17, 15) is 4.79 Å². The summed E-state index contributed by atoms with van der Waals surface area (Å²) in [6, 6.07) is 8.66. The van der Waals surface area contributed by atoms with Crippen molar-refractivity contribution in [1.82, 2.24) is 5.32 Å². The third-order valence-electron chi connectivity index (χ3n) is 3.23. The molecule has 0 spiro atoms. The van der Waals surface area contributed by atoms with Crippen LogP contribution in [0.5, 0.6) is 0 Å². The first-order valence-corrected chi connectivity index (χ1v) is 6.18. The van der Waals surface area contributed by atoms with Gasteiger partial charge in [0.25, 0.3) is 0 Å². The highest BCUT2D eigenvalue weighted by atomic mass is 16.1. The highest BCUT2D eigenvalue weighted by Crippen LogP contribution is 2.30. The highest BCUT2D eigenvalue weighted by Gasteiger charge is 2.22. The van der Waals surface area contributed by atoms with Crippen LogP contribution in [0.15, 0.2) is 24.3 Å². The smallest absolute Gasteiger partial charge is 0.220 e. The van der Waals surface area contributed by atoms with Crippen molar-refractivity contribution in [2.24, 2.45) is 0 Å². The molecule has 2 rings (SSSR count). The number of unbranched alkanes of at least 4 members (excludes halogenated alkanes) is 1. The summed E-state index contributed by atoms with van der Waals surface area (Å²) in [5.41, 5.74) is 2.70. The van der Waals surface area contributed by atoms with Crippen LogP contribution in [0.3, 0.4) is 0 Å². The van der Waals surface area contributed by atoms with Crippen LogP contribution >= 0.6 is 0 Å². The molecule has 1 aliphatic rings. The van der Waals surface area contributed by atoms with Gasteiger partial charge in [0, 0.05) is 6.42 Å². The van der Waals surface area contributed by atoms with Gasteiger partial charge in [-0.3, -0.25) is 4.79 Å². The molecule has 0 fully saturated rings. The van der Waals surface area contributed by atoms with Gasteiger partial charge in [-0.15, -0.1) is 0 Å². The molecule has 0 aliphatic heterocycles. The van der Waals surface area contributed by atoms with Crippen LogP contribution in [0.2, 0.25) is 0 Å². The van der Waals surface area contributed by atoms with Gasteiger partial charge in [-0.2, -0.15) is 0 Å². The summed E-state index contributed by atoms with van der Waals surface area (Å²) >= 11 is 0. The lowest BCUT2D eigenvalue weighted by molar-refractivity contribution is -0.121. The largest absolute Gasteiger partial charge is 0.349 e. The maximum Gasteiger partial charge on any atom is 0.220 e. The Bertz CT molecular complexity index is 373. The Morgan fingerprint density at radius 1 is 1.44 bits per heavy atom. The van der Waals surface area contributed by atoms with E-state index in [1.165, 1.54) is 11.1 Å². The molecule has 1 atom stereocenters. The van der Waals surface area contributed by atoms with E-state index in [2.05, 4.69) is 36.5 Å². The van der Waals surface area contributed by atoms with Crippen molar-refractivity contribution in [3.8, 4) is 0 Å². The van der Waals surface area contributed by atoms with Crippen molar-refractivity contribution in [2.75, 3.05) is 0 Å². The van der Waals surface area contributed by atoms with Gasteiger partial charge in [0.1, 0.15) is 0 Å². The summed E-state index contributed by atoms with van der Waals surface area (Å²) in [6.45, 7) is 2.11. The van der Waals surface area contributed by atoms with Crippen molar-refractivity contribution >= 4 is 5.91 Å². The van der Waals surface area contributed by atoms with Crippen LogP contribution in [-0.2, 0) is 11.2 Å². The number of fused-ring (bicyclic) bond motifs is 1. The van der Waals surface area contributed by atoms with Crippen molar-refractivity contribution in [3.63, 3.8) is 0 Å². The SMILES string of the molecule is CCCCC(=O)N[C@@H]1CCc2ccccc21. The summed E-state index contributed by atoms with van der Waals surface area (Å²) < 4.78 is 0. The standard InChI is InChI=1S/C14H19NO/c1-2-3-8-14(16)15-13-10-9-11-6-4-5-7-12(11)13/h4-7,13H,2-3,8-10H2,1H3,(H,15,16)/t13-/m1/s1. The molecule has 0 aromatic heterocycles. The van der Waals surface area contributed by atoms with Gasteiger partial charge >= 0.3 is 0 Å². The average molecular weight is 217 g/mol. The number of carbonyl (C=O) groups is 1. The first-order chi connectivity index (χ1) is 7.81. The van der Waals surface area contributed by atoms with Crippen molar-refractivity contribution in [2.45, 2.75) is 45.1 Å². The lowest BCUT2D eigenvalue weighted by Crippen LogP contribution is -2.26. The second kappa shape index (κ2) is 5.15. The number of hydrogen-bond acceptors (Lipinski definition) is 1. The van der Waals surface area contributed by atoms with E-state index in [0.29, 0.717) is 6.42 Å². The summed E-state index contributed by atoms with van der Waals surface area (Å²) in [6.07, 6.45) is 4.87. The maximum absolute atomic E-state index is 11.7. The Balaban J connectivity index is 1.95. The highest BCUT2D eigenvalue weighted by molar-refractivity contribution is 5.76. The maximum atomic E-state index is 11.7. The molecule has 0 bridgehead atoms. The van der Waals surface area contributed by atoms with E-state index in [0.717, 1.165) is 25.7 Å². The molecular formula is C14H19NO. The van der Waals surface area contributed by atoms with Gasteiger partial charge in [-0.25, -0.2) is 0 Å². The van der Waals surface area contributed by atoms with Gasteiger partial charge in [0.15, 0.2) is 0 Å². The summed E-state index contributed by atoms with van der Waals surface area (Å²) in [4.78, 5) is 11.7. The zero-order valence-electron chi connectivity index (χ0n) is 9.83. The van der Waals surface area contributed by atoms with Gasteiger partial charge in [0.2, 0.25) is 5.91 Å². The molecule has 1 aliphatic carbocycles. The minimum absolute atomic E-state index is 0.198. The minimum Gasteiger partial charge on any atom is -0.349 e. The summed E-state index contributed by atoms with van der Waals surface area (Å²) in [5, 5.41) is 3.13. The number of rotatable bonds is 4. The molecule has 0 heterocycles. The van der Waals surface area contributed by atoms with Crippen molar-refractivity contribution in [1.29, 1.82) is 0 Å². The molecule has 1 amide bonds. The Kier molecular flexibility index (Phi) is 3.60. The van der Waals surface area contributed by atoms with Gasteiger partial charge in [0.05, 0.1) is 6.04 Å². The van der Waals surface area contributed by atoms with Crippen LogP contribution in [0.4, 0.5) is 0 Å². The molecule has 1 aromatic carbocycles. The fourth-order valence-electron chi connectivity index (χ4n) is 2.31. The Morgan fingerprint density at radius 3 is 3.06 bits per heavy atom. The molecule has 0 radical (unpaired) electrons. The lowest BCUT2D eigenvalue weighted by Gasteiger charge is -2.13. The van der Waals surface area contributed by atoms with E-state index in [-0.39, 0.29) is 11.9 Å². The Morgan fingerprint density at radius 2 is 2.25 bits per heavy atom. The molecule has 1 aromatic rings. The van der Waals surface area contributed by atoms with Crippen LogP contribution in [0.1, 0.15) is 49.8 Å². The molecule has 0 saturated heterocycles. The quantitative estimate of drug-likeness (QED) is 0.825. The minimum atomic E-state index is 0.198. The van der Waals surface area contributed by atoms with Gasteiger partial charge in [-0.1, -0.05) is 37.6 Å². The number of aryl methyl sites for hydroxylation is 1. The number of benzene rings is 1. The van der Waals surface area contributed by atoms with Crippen LogP contribution < -0.4 is 5.32 Å². The fourth-order valence-corrected chi connectivity index (χ4v) is 2.31. The summed E-state index contributed by atoms with van der Waals surface area (Å²) in [5.74, 6) is 0.198. The molecule has 0 unspecified atom stereocenters. The second-order valence-electron chi connectivity index (χ2n) is 4.46. The van der Waals surface area contributed by atoms with E-state index in [1.807, 2.05) is 0 Å². The number of hydrogen-bond donors (Lipinski definition) is 1. The van der Waals surface area contributed by atoms with Gasteiger partial charge in [-0.05, 0) is 30.4 Å². The number of carbonyl (C=O) groups excluding carboxylic acids is 1. The van der Waals surface area contributed by atoms with Crippen LogP contribution in [0, 0.1) is 0 Å². The Labute approximate surface area is 97.1 Å². The molecule has 1 N–H and O–H groups in total. The third kappa shape index (κ3) is 2.43. The van der Waals surface area contributed by atoms with Crippen molar-refractivity contribution < 1.29 is 4.79 Å². The molecule has 0 saturated carbocycles. The first kappa shape index (κ1) is 11.2. The summed E-state index contributed by atoms with van der Waals surface area (Å²) in [7, 11) is 0.